The number of rotatable bonds is 0. The van der Waals surface area contributed by atoms with Gasteiger partial charge in [0.05, 0.1) is 23.0 Å². The van der Waals surface area contributed by atoms with Crippen LogP contribution in [-0.2, 0) is 19.2 Å². The fourth-order valence-corrected chi connectivity index (χ4v) is 2.98. The summed E-state index contributed by atoms with van der Waals surface area (Å²) in [6.45, 7) is 0. The first-order valence-corrected chi connectivity index (χ1v) is 9.90. The van der Waals surface area contributed by atoms with Gasteiger partial charge in [0.2, 0.25) is 23.6 Å². The molecule has 1 aliphatic heterocycles. The summed E-state index contributed by atoms with van der Waals surface area (Å²) in [6, 6.07) is 0. The fourth-order valence-electron chi connectivity index (χ4n) is 1.30. The third kappa shape index (κ3) is 10.1. The van der Waals surface area contributed by atoms with E-state index in [0.29, 0.717) is 0 Å². The Bertz CT molecular complexity index is 442. The average molecular weight is 415 g/mol. The Morgan fingerprint density at radius 2 is 1.00 bits per heavy atom. The second-order valence-corrected chi connectivity index (χ2v) is 7.31. The van der Waals surface area contributed by atoms with Gasteiger partial charge in [0, 0.05) is 0 Å². The monoisotopic (exact) mass is 414 g/mol. The quantitative estimate of drug-likeness (QED) is 0.201. The van der Waals surface area contributed by atoms with Crippen molar-refractivity contribution in [1.29, 1.82) is 0 Å². The Labute approximate surface area is 157 Å². The predicted octanol–water partition coefficient (Wildman–Crippen LogP) is -2.63. The third-order valence-electron chi connectivity index (χ3n) is 2.22. The molecule has 0 aromatic rings. The Morgan fingerprint density at radius 3 is 1.38 bits per heavy atom. The van der Waals surface area contributed by atoms with E-state index in [1.54, 1.807) is 0 Å². The van der Waals surface area contributed by atoms with Gasteiger partial charge in [-0.15, -0.1) is 48.8 Å². The van der Waals surface area contributed by atoms with Gasteiger partial charge in [-0.05, 0) is 0 Å². The van der Waals surface area contributed by atoms with E-state index >= 15 is 0 Å². The Hall–Kier alpha value is -0.800. The van der Waals surface area contributed by atoms with Crippen LogP contribution < -0.4 is 32.3 Å². The molecular formula is C10H18N6O4S4. The molecule has 24 heavy (non-hydrogen) atoms. The van der Waals surface area contributed by atoms with Crippen LogP contribution in [0, 0.1) is 0 Å². The highest BCUT2D eigenvalue weighted by molar-refractivity contribution is 8.00. The molecule has 0 aromatic carbocycles. The summed E-state index contributed by atoms with van der Waals surface area (Å²) in [5.74, 6) is -1.30. The van der Waals surface area contributed by atoms with Crippen molar-refractivity contribution >= 4 is 72.4 Å². The molecule has 1 heterocycles. The van der Waals surface area contributed by atoms with E-state index in [9.17, 15) is 19.2 Å². The number of nitrogens with one attached hydrogen (secondary N) is 6. The lowest BCUT2D eigenvalue weighted by Crippen LogP contribution is -2.52. The molecular weight excluding hydrogens is 396 g/mol. The summed E-state index contributed by atoms with van der Waals surface area (Å²) in [5, 5.41) is 4.97. The number of carbonyl (C=O) groups excluding carboxylic acids is 4. The van der Waals surface area contributed by atoms with Gasteiger partial charge in [0.1, 0.15) is 11.0 Å². The number of amides is 4. The van der Waals surface area contributed by atoms with Gasteiger partial charge in [0.15, 0.2) is 0 Å². The first-order chi connectivity index (χ1) is 11.4. The Morgan fingerprint density at radius 1 is 0.667 bits per heavy atom. The number of thiol groups is 2. The molecule has 2 unspecified atom stereocenters. The maximum Gasteiger partial charge on any atom is 0.244 e. The van der Waals surface area contributed by atoms with Crippen molar-refractivity contribution in [2.45, 2.75) is 11.0 Å². The largest absolute Gasteiger partial charge is 0.330 e. The zero-order valence-electron chi connectivity index (χ0n) is 12.3. The molecule has 0 radical (unpaired) electrons. The molecule has 0 bridgehead atoms. The minimum atomic E-state index is -0.783. The van der Waals surface area contributed by atoms with Crippen LogP contribution in [0.1, 0.15) is 0 Å². The predicted molar refractivity (Wildman–Crippen MR) is 99.0 cm³/mol. The van der Waals surface area contributed by atoms with Crippen LogP contribution >= 0.6 is 48.8 Å². The first kappa shape index (κ1) is 21.2. The lowest BCUT2D eigenvalue weighted by Gasteiger charge is -2.17. The van der Waals surface area contributed by atoms with Crippen molar-refractivity contribution in [2.75, 3.05) is 23.0 Å². The third-order valence-corrected chi connectivity index (χ3v) is 4.61. The SMILES string of the molecule is O=C1CSCC(=O)NNC(S)NC(=O)CSCC(=O)NC(S)NN1. The van der Waals surface area contributed by atoms with E-state index < -0.39 is 11.0 Å². The normalized spacial score (nSPS) is 26.2. The minimum absolute atomic E-state index is 0.0335. The van der Waals surface area contributed by atoms with Crippen molar-refractivity contribution in [3.05, 3.63) is 0 Å². The van der Waals surface area contributed by atoms with Crippen molar-refractivity contribution in [3.63, 3.8) is 0 Å². The van der Waals surface area contributed by atoms with E-state index in [1.807, 2.05) is 0 Å². The molecule has 10 nitrogen and oxygen atoms in total. The highest BCUT2D eigenvalue weighted by Gasteiger charge is 2.13. The zero-order valence-corrected chi connectivity index (χ0v) is 15.7. The van der Waals surface area contributed by atoms with Crippen LogP contribution in [0.3, 0.4) is 0 Å². The Balaban J connectivity index is 2.54. The van der Waals surface area contributed by atoms with E-state index in [2.05, 4.69) is 57.6 Å². The van der Waals surface area contributed by atoms with Gasteiger partial charge < -0.3 is 10.6 Å². The average Bonchev–Trinajstić information content (AvgIpc) is 2.50. The number of hydrogen-bond donors (Lipinski definition) is 8. The fraction of sp³-hybridized carbons (Fsp3) is 0.600. The van der Waals surface area contributed by atoms with Crippen LogP contribution in [0.15, 0.2) is 0 Å². The smallest absolute Gasteiger partial charge is 0.244 e. The topological polar surface area (TPSA) is 140 Å². The van der Waals surface area contributed by atoms with Gasteiger partial charge in [-0.2, -0.15) is 0 Å². The second-order valence-electron chi connectivity index (χ2n) is 4.31. The summed E-state index contributed by atoms with van der Waals surface area (Å²) < 4.78 is 0. The molecule has 6 N–H and O–H groups in total. The van der Waals surface area contributed by atoms with E-state index in [1.165, 1.54) is 0 Å². The van der Waals surface area contributed by atoms with Crippen molar-refractivity contribution in [2.24, 2.45) is 0 Å². The summed E-state index contributed by atoms with van der Waals surface area (Å²) >= 11 is 10.3. The summed E-state index contributed by atoms with van der Waals surface area (Å²) in [4.78, 5) is 46.4. The molecule has 0 aromatic heterocycles. The number of hydrazine groups is 2. The van der Waals surface area contributed by atoms with E-state index in [0.717, 1.165) is 23.5 Å². The van der Waals surface area contributed by atoms with Crippen LogP contribution in [0.25, 0.3) is 0 Å². The molecule has 1 fully saturated rings. The lowest BCUT2D eigenvalue weighted by atomic mass is 10.7. The molecule has 2 atom stereocenters. The van der Waals surface area contributed by atoms with Gasteiger partial charge in [-0.1, -0.05) is 0 Å². The van der Waals surface area contributed by atoms with Crippen LogP contribution in [0.2, 0.25) is 0 Å². The highest BCUT2D eigenvalue weighted by Crippen LogP contribution is 2.01. The van der Waals surface area contributed by atoms with Gasteiger partial charge >= 0.3 is 0 Å². The molecule has 1 saturated heterocycles. The van der Waals surface area contributed by atoms with Gasteiger partial charge in [0.25, 0.3) is 0 Å². The minimum Gasteiger partial charge on any atom is -0.330 e. The second kappa shape index (κ2) is 11.7. The number of hydrogen-bond acceptors (Lipinski definition) is 10. The van der Waals surface area contributed by atoms with Crippen molar-refractivity contribution in [3.8, 4) is 0 Å². The van der Waals surface area contributed by atoms with Crippen molar-refractivity contribution in [1.82, 2.24) is 32.3 Å². The summed E-state index contributed by atoms with van der Waals surface area (Å²) in [6.07, 6.45) is 0. The summed E-state index contributed by atoms with van der Waals surface area (Å²) in [5.41, 5.74) is 8.14. The van der Waals surface area contributed by atoms with Crippen LogP contribution in [-0.4, -0.2) is 57.6 Å². The van der Waals surface area contributed by atoms with E-state index in [4.69, 9.17) is 0 Å². The maximum absolute atomic E-state index is 11.6. The van der Waals surface area contributed by atoms with Crippen molar-refractivity contribution < 1.29 is 19.2 Å². The maximum atomic E-state index is 11.6. The first-order valence-electron chi connectivity index (χ1n) is 6.56. The summed E-state index contributed by atoms with van der Waals surface area (Å²) in [7, 11) is 0. The zero-order chi connectivity index (χ0) is 17.9. The van der Waals surface area contributed by atoms with Crippen LogP contribution in [0.4, 0.5) is 0 Å². The molecule has 1 aliphatic rings. The van der Waals surface area contributed by atoms with E-state index in [-0.39, 0.29) is 46.6 Å². The number of thioether (sulfide) groups is 2. The van der Waals surface area contributed by atoms with Gasteiger partial charge in [-0.3, -0.25) is 30.0 Å². The highest BCUT2D eigenvalue weighted by atomic mass is 32.2. The molecule has 4 amide bonds. The van der Waals surface area contributed by atoms with Crippen LogP contribution in [0.5, 0.6) is 0 Å². The molecule has 0 spiro atoms. The molecule has 14 heteroatoms. The standard InChI is InChI=1S/C10H18N6O4S4/c17-5-1-23-2-6(18)12-10(22)16-14-8(20)4-24-3-7(19)13-15-9(21)11-5/h9-10,15-16,21-22H,1-4H2,(H,11,17)(H,12,18)(H,13,19)(H,14,20). The molecule has 0 saturated carbocycles. The molecule has 0 aliphatic carbocycles. The lowest BCUT2D eigenvalue weighted by molar-refractivity contribution is -0.122. The Kier molecular flexibility index (Phi) is 10.4. The number of carbonyl (C=O) groups is 4. The molecule has 1 rings (SSSR count). The molecule has 136 valence electrons. The van der Waals surface area contributed by atoms with Gasteiger partial charge in [-0.25, -0.2) is 10.9 Å².